The second kappa shape index (κ2) is 10.1. The standard InChI is InChI=1S/C26H27BClN5O/c1-34-20-8-4-6-18(12-20)16-32-11-5-7-19(17-32)14-29-25-13-24(21-9-2-3-10-23(21)28)31-26-22(27)15-30-33(25)26/h2-4,6,8-10,12-13,15,19,29H,5,7,11,14,16-17H2,1H3. The quantitative estimate of drug-likeness (QED) is 0.410. The van der Waals surface area contributed by atoms with Gasteiger partial charge in [-0.1, -0.05) is 41.9 Å². The Morgan fingerprint density at radius 2 is 2.06 bits per heavy atom. The zero-order chi connectivity index (χ0) is 23.5. The van der Waals surface area contributed by atoms with Crippen molar-refractivity contribution >= 4 is 36.4 Å². The van der Waals surface area contributed by atoms with E-state index in [1.165, 1.54) is 18.4 Å². The fourth-order valence-corrected chi connectivity index (χ4v) is 4.88. The van der Waals surface area contributed by atoms with E-state index in [1.54, 1.807) is 17.8 Å². The molecule has 1 fully saturated rings. The topological polar surface area (TPSA) is 54.7 Å². The van der Waals surface area contributed by atoms with Gasteiger partial charge < -0.3 is 10.1 Å². The number of piperidine rings is 1. The van der Waals surface area contributed by atoms with E-state index >= 15 is 0 Å². The zero-order valence-corrected chi connectivity index (χ0v) is 20.0. The number of nitrogens with one attached hydrogen (secondary N) is 1. The number of fused-ring (bicyclic) bond motifs is 1. The molecule has 1 atom stereocenters. The minimum Gasteiger partial charge on any atom is -0.497 e. The molecular formula is C26H27BClN5O. The number of benzene rings is 2. The van der Waals surface area contributed by atoms with E-state index in [9.17, 15) is 0 Å². The first-order valence-corrected chi connectivity index (χ1v) is 12.0. The van der Waals surface area contributed by atoms with Crippen LogP contribution in [-0.4, -0.2) is 54.1 Å². The van der Waals surface area contributed by atoms with Crippen LogP contribution in [0.2, 0.25) is 5.02 Å². The van der Waals surface area contributed by atoms with Gasteiger partial charge in [0.15, 0.2) is 5.65 Å². The van der Waals surface area contributed by atoms with Crippen LogP contribution in [0.15, 0.2) is 60.8 Å². The van der Waals surface area contributed by atoms with Crippen molar-refractivity contribution in [2.45, 2.75) is 19.4 Å². The molecule has 0 spiro atoms. The first-order chi connectivity index (χ1) is 16.6. The fraction of sp³-hybridized carbons (Fsp3) is 0.308. The molecule has 5 rings (SSSR count). The predicted octanol–water partition coefficient (Wildman–Crippen LogP) is 4.18. The Hall–Kier alpha value is -3.03. The van der Waals surface area contributed by atoms with Crippen LogP contribution in [0.25, 0.3) is 16.9 Å². The number of rotatable bonds is 7. The normalized spacial score (nSPS) is 16.6. The highest BCUT2D eigenvalue weighted by molar-refractivity contribution is 6.36. The van der Waals surface area contributed by atoms with Crippen molar-refractivity contribution in [3.63, 3.8) is 0 Å². The van der Waals surface area contributed by atoms with Crippen molar-refractivity contribution in [2.75, 3.05) is 32.1 Å². The van der Waals surface area contributed by atoms with Gasteiger partial charge in [-0.25, -0.2) is 4.98 Å². The summed E-state index contributed by atoms with van der Waals surface area (Å²) in [6.45, 7) is 3.92. The van der Waals surface area contributed by atoms with Gasteiger partial charge in [0.1, 0.15) is 19.4 Å². The SMILES string of the molecule is [B]c1cnn2c(NCC3CCCN(Cc4cccc(OC)c4)C3)cc(-c3ccccc3Cl)nc12. The van der Waals surface area contributed by atoms with Crippen molar-refractivity contribution in [1.29, 1.82) is 0 Å². The van der Waals surface area contributed by atoms with Crippen LogP contribution in [0.3, 0.4) is 0 Å². The summed E-state index contributed by atoms with van der Waals surface area (Å²) in [5.41, 5.74) is 4.09. The molecule has 0 saturated carbocycles. The number of methoxy groups -OCH3 is 1. The van der Waals surface area contributed by atoms with Crippen LogP contribution < -0.4 is 15.5 Å². The molecule has 4 aromatic rings. The Morgan fingerprint density at radius 3 is 2.91 bits per heavy atom. The van der Waals surface area contributed by atoms with Crippen LogP contribution >= 0.6 is 11.6 Å². The van der Waals surface area contributed by atoms with Crippen molar-refractivity contribution in [1.82, 2.24) is 19.5 Å². The average Bonchev–Trinajstić information content (AvgIpc) is 3.24. The molecule has 34 heavy (non-hydrogen) atoms. The minimum atomic E-state index is 0.527. The summed E-state index contributed by atoms with van der Waals surface area (Å²) in [7, 11) is 7.87. The molecule has 0 aliphatic carbocycles. The maximum Gasteiger partial charge on any atom is 0.150 e. The predicted molar refractivity (Wildman–Crippen MR) is 138 cm³/mol. The monoisotopic (exact) mass is 471 g/mol. The summed E-state index contributed by atoms with van der Waals surface area (Å²) >= 11 is 6.45. The smallest absolute Gasteiger partial charge is 0.150 e. The molecule has 2 radical (unpaired) electrons. The van der Waals surface area contributed by atoms with Gasteiger partial charge >= 0.3 is 0 Å². The second-order valence-electron chi connectivity index (χ2n) is 8.82. The van der Waals surface area contributed by atoms with Gasteiger partial charge in [-0.2, -0.15) is 9.61 Å². The summed E-state index contributed by atoms with van der Waals surface area (Å²) in [6.07, 6.45) is 4.01. The van der Waals surface area contributed by atoms with Crippen molar-refractivity contribution < 1.29 is 4.74 Å². The largest absolute Gasteiger partial charge is 0.497 e. The number of hydrogen-bond donors (Lipinski definition) is 1. The second-order valence-corrected chi connectivity index (χ2v) is 9.22. The third-order valence-corrected chi connectivity index (χ3v) is 6.69. The van der Waals surface area contributed by atoms with Crippen molar-refractivity contribution in [2.24, 2.45) is 5.92 Å². The Morgan fingerprint density at radius 1 is 1.18 bits per heavy atom. The van der Waals surface area contributed by atoms with Crippen molar-refractivity contribution in [3.05, 3.63) is 71.4 Å². The molecule has 172 valence electrons. The van der Waals surface area contributed by atoms with Crippen molar-refractivity contribution in [3.8, 4) is 17.0 Å². The Kier molecular flexibility index (Phi) is 6.74. The summed E-state index contributed by atoms with van der Waals surface area (Å²) < 4.78 is 7.15. The van der Waals surface area contributed by atoms with E-state index in [1.807, 2.05) is 36.4 Å². The zero-order valence-electron chi connectivity index (χ0n) is 19.2. The first-order valence-electron chi connectivity index (χ1n) is 11.6. The molecule has 2 aromatic heterocycles. The maximum absolute atomic E-state index is 6.45. The summed E-state index contributed by atoms with van der Waals surface area (Å²) in [5.74, 6) is 2.29. The number of halogens is 1. The van der Waals surface area contributed by atoms with Gasteiger partial charge in [0.05, 0.1) is 12.8 Å². The van der Waals surface area contributed by atoms with E-state index < -0.39 is 0 Å². The van der Waals surface area contributed by atoms with Crippen LogP contribution in [0.1, 0.15) is 18.4 Å². The van der Waals surface area contributed by atoms with E-state index in [-0.39, 0.29) is 0 Å². The van der Waals surface area contributed by atoms with Gasteiger partial charge in [0, 0.05) is 42.5 Å². The molecule has 8 heteroatoms. The third kappa shape index (κ3) is 4.91. The number of anilines is 1. The molecule has 0 amide bonds. The molecular weight excluding hydrogens is 445 g/mol. The highest BCUT2D eigenvalue weighted by Crippen LogP contribution is 2.28. The molecule has 1 aliphatic heterocycles. The van der Waals surface area contributed by atoms with E-state index in [0.29, 0.717) is 22.1 Å². The molecule has 1 saturated heterocycles. The minimum absolute atomic E-state index is 0.527. The Bertz CT molecular complexity index is 1290. The molecule has 3 heterocycles. The molecule has 2 aromatic carbocycles. The van der Waals surface area contributed by atoms with Gasteiger partial charge in [0.25, 0.3) is 0 Å². The van der Waals surface area contributed by atoms with Gasteiger partial charge in [-0.05, 0) is 54.5 Å². The lowest BCUT2D eigenvalue weighted by Crippen LogP contribution is -2.37. The van der Waals surface area contributed by atoms with Crippen LogP contribution in [0, 0.1) is 5.92 Å². The lowest BCUT2D eigenvalue weighted by Gasteiger charge is -2.33. The average molecular weight is 472 g/mol. The lowest BCUT2D eigenvalue weighted by molar-refractivity contribution is 0.173. The Balaban J connectivity index is 1.32. The number of ether oxygens (including phenoxy) is 1. The Labute approximate surface area is 206 Å². The first kappa shape index (κ1) is 22.8. The molecule has 0 bridgehead atoms. The summed E-state index contributed by atoms with van der Waals surface area (Å²) in [5, 5.41) is 8.71. The number of nitrogens with zero attached hydrogens (tertiary/aromatic N) is 4. The van der Waals surface area contributed by atoms with Gasteiger partial charge in [-0.3, -0.25) is 4.90 Å². The van der Waals surface area contributed by atoms with Crippen LogP contribution in [0.5, 0.6) is 5.75 Å². The van der Waals surface area contributed by atoms with E-state index in [0.717, 1.165) is 49.0 Å². The highest BCUT2D eigenvalue weighted by atomic mass is 35.5. The van der Waals surface area contributed by atoms with E-state index in [4.69, 9.17) is 29.2 Å². The summed E-state index contributed by atoms with van der Waals surface area (Å²) in [6, 6.07) is 18.0. The number of aromatic nitrogens is 3. The molecule has 1 N–H and O–H groups in total. The summed E-state index contributed by atoms with van der Waals surface area (Å²) in [4.78, 5) is 7.25. The highest BCUT2D eigenvalue weighted by Gasteiger charge is 2.21. The van der Waals surface area contributed by atoms with E-state index in [2.05, 4.69) is 33.5 Å². The molecule has 1 unspecified atom stereocenters. The fourth-order valence-electron chi connectivity index (χ4n) is 4.65. The number of likely N-dealkylation sites (tertiary alicyclic amines) is 1. The van der Waals surface area contributed by atoms with Crippen LogP contribution in [0.4, 0.5) is 5.82 Å². The van der Waals surface area contributed by atoms with Gasteiger partial charge in [-0.15, -0.1) is 0 Å². The third-order valence-electron chi connectivity index (χ3n) is 6.36. The van der Waals surface area contributed by atoms with Gasteiger partial charge in [0.2, 0.25) is 0 Å². The molecule has 1 aliphatic rings. The maximum atomic E-state index is 6.45. The molecule has 6 nitrogen and oxygen atoms in total. The van der Waals surface area contributed by atoms with Crippen LogP contribution in [-0.2, 0) is 6.54 Å². The lowest BCUT2D eigenvalue weighted by atomic mass is 9.97. The number of hydrogen-bond acceptors (Lipinski definition) is 5.